The Morgan fingerprint density at radius 2 is 2.05 bits per heavy atom. The number of aromatic nitrogens is 2. The van der Waals surface area contributed by atoms with E-state index in [2.05, 4.69) is 26.1 Å². The van der Waals surface area contributed by atoms with Crippen LogP contribution in [0.2, 0.25) is 0 Å². The van der Waals surface area contributed by atoms with Gasteiger partial charge in [0.25, 0.3) is 5.56 Å². The molecule has 0 unspecified atom stereocenters. The number of fused-ring (bicyclic) bond motifs is 1. The molecule has 3 rings (SSSR count). The van der Waals surface area contributed by atoms with Gasteiger partial charge in [-0.1, -0.05) is 18.2 Å². The van der Waals surface area contributed by atoms with Gasteiger partial charge in [-0.15, -0.1) is 0 Å². The van der Waals surface area contributed by atoms with E-state index in [-0.39, 0.29) is 5.56 Å². The van der Waals surface area contributed by atoms with Crippen molar-refractivity contribution in [2.24, 2.45) is 0 Å². The van der Waals surface area contributed by atoms with Gasteiger partial charge in [-0.05, 0) is 46.6 Å². The Kier molecular flexibility index (Phi) is 3.51. The topological polar surface area (TPSA) is 55.0 Å². The molecule has 5 heteroatoms. The molecule has 4 nitrogen and oxygen atoms in total. The standard InChI is InChI=1S/C16H13BrN2O2/c1-9-6-7-10(13(8-9)21-2)15-11-4-3-5-12(17)14(11)16(20)19-18-15/h3-8H,1-2H3,(H,19,20). The molecule has 2 aromatic carbocycles. The summed E-state index contributed by atoms with van der Waals surface area (Å²) >= 11 is 3.42. The summed E-state index contributed by atoms with van der Waals surface area (Å²) in [5.41, 5.74) is 2.43. The summed E-state index contributed by atoms with van der Waals surface area (Å²) in [5.74, 6) is 0.732. The summed E-state index contributed by atoms with van der Waals surface area (Å²) in [7, 11) is 1.63. The van der Waals surface area contributed by atoms with Crippen molar-refractivity contribution in [3.8, 4) is 17.0 Å². The van der Waals surface area contributed by atoms with Crippen molar-refractivity contribution in [2.75, 3.05) is 7.11 Å². The van der Waals surface area contributed by atoms with Gasteiger partial charge >= 0.3 is 0 Å². The molecule has 3 aromatic rings. The van der Waals surface area contributed by atoms with Gasteiger partial charge in [0.1, 0.15) is 11.4 Å². The average molecular weight is 345 g/mol. The van der Waals surface area contributed by atoms with E-state index in [1.807, 2.05) is 43.3 Å². The first-order valence-corrected chi connectivity index (χ1v) is 7.23. The number of nitrogens with zero attached hydrogens (tertiary/aromatic N) is 1. The fourth-order valence-electron chi connectivity index (χ4n) is 2.37. The highest BCUT2D eigenvalue weighted by Gasteiger charge is 2.14. The number of nitrogens with one attached hydrogen (secondary N) is 1. The Morgan fingerprint density at radius 1 is 1.24 bits per heavy atom. The zero-order valence-corrected chi connectivity index (χ0v) is 13.2. The number of hydrogen-bond donors (Lipinski definition) is 1. The van der Waals surface area contributed by atoms with Crippen LogP contribution in [0.25, 0.3) is 22.0 Å². The summed E-state index contributed by atoms with van der Waals surface area (Å²) in [4.78, 5) is 12.0. The third-order valence-electron chi connectivity index (χ3n) is 3.38. The summed E-state index contributed by atoms with van der Waals surface area (Å²) in [5, 5.41) is 8.15. The van der Waals surface area contributed by atoms with Crippen molar-refractivity contribution < 1.29 is 4.74 Å². The molecule has 0 aliphatic heterocycles. The number of benzene rings is 2. The Morgan fingerprint density at radius 3 is 2.81 bits per heavy atom. The number of halogens is 1. The number of methoxy groups -OCH3 is 1. The van der Waals surface area contributed by atoms with Crippen LogP contribution in [0.15, 0.2) is 45.7 Å². The fraction of sp³-hybridized carbons (Fsp3) is 0.125. The number of ether oxygens (including phenoxy) is 1. The van der Waals surface area contributed by atoms with E-state index in [1.165, 1.54) is 0 Å². The largest absolute Gasteiger partial charge is 0.496 e. The lowest BCUT2D eigenvalue weighted by molar-refractivity contribution is 0.416. The molecule has 0 fully saturated rings. The van der Waals surface area contributed by atoms with Gasteiger partial charge in [0, 0.05) is 15.4 Å². The Bertz CT molecular complexity index is 887. The van der Waals surface area contributed by atoms with E-state index in [0.717, 1.165) is 26.7 Å². The molecule has 0 spiro atoms. The Labute approximate surface area is 129 Å². The first kappa shape index (κ1) is 13.8. The molecule has 0 radical (unpaired) electrons. The van der Waals surface area contributed by atoms with Crippen LogP contribution in [-0.2, 0) is 0 Å². The molecule has 0 saturated carbocycles. The minimum Gasteiger partial charge on any atom is -0.496 e. The highest BCUT2D eigenvalue weighted by Crippen LogP contribution is 2.34. The van der Waals surface area contributed by atoms with Crippen LogP contribution in [0.4, 0.5) is 0 Å². The lowest BCUT2D eigenvalue weighted by Gasteiger charge is -2.11. The lowest BCUT2D eigenvalue weighted by atomic mass is 10.0. The van der Waals surface area contributed by atoms with Gasteiger partial charge in [-0.2, -0.15) is 5.10 Å². The SMILES string of the molecule is COc1cc(C)ccc1-c1n[nH]c(=O)c2c(Br)cccc12. The number of aromatic amines is 1. The van der Waals surface area contributed by atoms with Crippen LogP contribution >= 0.6 is 15.9 Å². The quantitative estimate of drug-likeness (QED) is 0.771. The molecule has 0 aliphatic carbocycles. The second-order valence-electron chi connectivity index (χ2n) is 4.77. The molecule has 0 aliphatic rings. The van der Waals surface area contributed by atoms with Crippen LogP contribution in [0.1, 0.15) is 5.56 Å². The molecule has 106 valence electrons. The maximum atomic E-state index is 12.0. The lowest BCUT2D eigenvalue weighted by Crippen LogP contribution is -2.10. The van der Waals surface area contributed by atoms with E-state index in [1.54, 1.807) is 7.11 Å². The zero-order chi connectivity index (χ0) is 15.0. The zero-order valence-electron chi connectivity index (χ0n) is 11.6. The van der Waals surface area contributed by atoms with Gasteiger partial charge in [-0.3, -0.25) is 4.79 Å². The van der Waals surface area contributed by atoms with Crippen LogP contribution in [0.3, 0.4) is 0 Å². The van der Waals surface area contributed by atoms with Gasteiger partial charge in [0.2, 0.25) is 0 Å². The van der Waals surface area contributed by atoms with Gasteiger partial charge in [0.05, 0.1) is 12.5 Å². The second kappa shape index (κ2) is 5.33. The van der Waals surface area contributed by atoms with Gasteiger partial charge in [0.15, 0.2) is 0 Å². The minimum atomic E-state index is -0.215. The third-order valence-corrected chi connectivity index (χ3v) is 4.04. The third kappa shape index (κ3) is 2.34. The van der Waals surface area contributed by atoms with E-state index in [0.29, 0.717) is 11.1 Å². The van der Waals surface area contributed by atoms with E-state index >= 15 is 0 Å². The van der Waals surface area contributed by atoms with Crippen molar-refractivity contribution in [2.45, 2.75) is 6.92 Å². The molecule has 0 atom stereocenters. The van der Waals surface area contributed by atoms with E-state index in [9.17, 15) is 4.79 Å². The number of hydrogen-bond acceptors (Lipinski definition) is 3. The van der Waals surface area contributed by atoms with Crippen LogP contribution < -0.4 is 10.3 Å². The predicted molar refractivity (Wildman–Crippen MR) is 86.8 cm³/mol. The van der Waals surface area contributed by atoms with Crippen molar-refractivity contribution in [1.29, 1.82) is 0 Å². The molecule has 0 amide bonds. The second-order valence-corrected chi connectivity index (χ2v) is 5.62. The highest BCUT2D eigenvalue weighted by molar-refractivity contribution is 9.10. The first-order chi connectivity index (χ1) is 10.1. The number of H-pyrrole nitrogens is 1. The molecule has 21 heavy (non-hydrogen) atoms. The predicted octanol–water partition coefficient (Wildman–Crippen LogP) is 3.67. The van der Waals surface area contributed by atoms with Crippen molar-refractivity contribution in [3.63, 3.8) is 0 Å². The summed E-state index contributed by atoms with van der Waals surface area (Å²) in [6, 6.07) is 11.5. The number of rotatable bonds is 2. The molecule has 0 saturated heterocycles. The van der Waals surface area contributed by atoms with Crippen LogP contribution in [-0.4, -0.2) is 17.3 Å². The van der Waals surface area contributed by atoms with Crippen LogP contribution in [0.5, 0.6) is 5.75 Å². The molecule has 1 N–H and O–H groups in total. The summed E-state index contributed by atoms with van der Waals surface area (Å²) in [6.07, 6.45) is 0. The van der Waals surface area contributed by atoms with Gasteiger partial charge < -0.3 is 4.74 Å². The molecule has 1 aromatic heterocycles. The van der Waals surface area contributed by atoms with Crippen molar-refractivity contribution in [3.05, 3.63) is 56.8 Å². The first-order valence-electron chi connectivity index (χ1n) is 6.43. The molecule has 1 heterocycles. The molecular weight excluding hydrogens is 332 g/mol. The van der Waals surface area contributed by atoms with Gasteiger partial charge in [-0.25, -0.2) is 5.10 Å². The highest BCUT2D eigenvalue weighted by atomic mass is 79.9. The number of aryl methyl sites for hydroxylation is 1. The smallest absolute Gasteiger partial charge is 0.273 e. The van der Waals surface area contributed by atoms with E-state index in [4.69, 9.17) is 4.74 Å². The molecular formula is C16H13BrN2O2. The normalized spacial score (nSPS) is 10.8. The monoisotopic (exact) mass is 344 g/mol. The maximum absolute atomic E-state index is 12.0. The Hall–Kier alpha value is -2.14. The summed E-state index contributed by atoms with van der Waals surface area (Å²) < 4.78 is 6.19. The van der Waals surface area contributed by atoms with Crippen LogP contribution in [0, 0.1) is 6.92 Å². The van der Waals surface area contributed by atoms with Crippen molar-refractivity contribution in [1.82, 2.24) is 10.2 Å². The minimum absolute atomic E-state index is 0.215. The van der Waals surface area contributed by atoms with E-state index < -0.39 is 0 Å². The molecule has 0 bridgehead atoms. The Balaban J connectivity index is 2.39. The maximum Gasteiger partial charge on any atom is 0.273 e. The average Bonchev–Trinajstić information content (AvgIpc) is 2.48. The fourth-order valence-corrected chi connectivity index (χ4v) is 2.92. The summed E-state index contributed by atoms with van der Waals surface area (Å²) in [6.45, 7) is 2.00. The van der Waals surface area contributed by atoms with Crippen molar-refractivity contribution >= 4 is 26.7 Å².